The molecule has 6 heteroatoms. The molecule has 1 nitrogen and oxygen atoms in total. The molecule has 1 unspecified atom stereocenters. The van der Waals surface area contributed by atoms with E-state index in [9.17, 15) is 13.2 Å². The lowest BCUT2D eigenvalue weighted by Gasteiger charge is -2.19. The molecule has 0 radical (unpaired) electrons. The van der Waals surface area contributed by atoms with E-state index in [2.05, 4.69) is 5.32 Å². The second-order valence-corrected chi connectivity index (χ2v) is 5.01. The van der Waals surface area contributed by atoms with Gasteiger partial charge in [0.2, 0.25) is 0 Å². The lowest BCUT2D eigenvalue weighted by molar-refractivity contribution is 0.510. The summed E-state index contributed by atoms with van der Waals surface area (Å²) < 4.78 is 40.2. The average Bonchev–Trinajstić information content (AvgIpc) is 2.40. The highest BCUT2D eigenvalue weighted by Gasteiger charge is 2.18. The zero-order chi connectivity index (χ0) is 14.9. The molecule has 106 valence electrons. The van der Waals surface area contributed by atoms with Gasteiger partial charge in [0.05, 0.1) is 16.8 Å². The molecule has 0 saturated carbocycles. The SMILES string of the molecule is CC(Nc1cccc(F)c1F)c1c(Cl)ccc(F)c1Cl. The van der Waals surface area contributed by atoms with Crippen LogP contribution in [0.3, 0.4) is 0 Å². The molecule has 0 amide bonds. The minimum Gasteiger partial charge on any atom is -0.376 e. The Kier molecular flexibility index (Phi) is 4.45. The Labute approximate surface area is 124 Å². The number of halogens is 5. The van der Waals surface area contributed by atoms with Crippen LogP contribution in [-0.4, -0.2) is 0 Å². The number of hydrogen-bond donors (Lipinski definition) is 1. The summed E-state index contributed by atoms with van der Waals surface area (Å²) in [6.07, 6.45) is 0. The van der Waals surface area contributed by atoms with E-state index in [1.54, 1.807) is 6.92 Å². The van der Waals surface area contributed by atoms with Crippen molar-refractivity contribution in [2.45, 2.75) is 13.0 Å². The Morgan fingerprint density at radius 1 is 1.00 bits per heavy atom. The lowest BCUT2D eigenvalue weighted by atomic mass is 10.1. The molecule has 1 atom stereocenters. The van der Waals surface area contributed by atoms with Crippen molar-refractivity contribution < 1.29 is 13.2 Å². The van der Waals surface area contributed by atoms with Crippen molar-refractivity contribution in [3.05, 3.63) is 63.4 Å². The van der Waals surface area contributed by atoms with Gasteiger partial charge in [-0.3, -0.25) is 0 Å². The second-order valence-electron chi connectivity index (χ2n) is 4.22. The largest absolute Gasteiger partial charge is 0.376 e. The molecule has 0 bridgehead atoms. The van der Waals surface area contributed by atoms with Crippen molar-refractivity contribution in [2.75, 3.05) is 5.32 Å². The molecule has 1 N–H and O–H groups in total. The summed E-state index contributed by atoms with van der Waals surface area (Å²) in [5, 5.41) is 2.83. The number of benzene rings is 2. The van der Waals surface area contributed by atoms with E-state index in [1.165, 1.54) is 18.2 Å². The van der Waals surface area contributed by atoms with Gasteiger partial charge >= 0.3 is 0 Å². The zero-order valence-corrected chi connectivity index (χ0v) is 11.9. The van der Waals surface area contributed by atoms with Crippen LogP contribution in [-0.2, 0) is 0 Å². The van der Waals surface area contributed by atoms with Crippen LogP contribution in [0.25, 0.3) is 0 Å². The zero-order valence-electron chi connectivity index (χ0n) is 10.4. The van der Waals surface area contributed by atoms with E-state index in [0.29, 0.717) is 0 Å². The van der Waals surface area contributed by atoms with E-state index in [4.69, 9.17) is 23.2 Å². The van der Waals surface area contributed by atoms with E-state index in [-0.39, 0.29) is 21.3 Å². The number of anilines is 1. The van der Waals surface area contributed by atoms with E-state index in [0.717, 1.165) is 12.1 Å². The summed E-state index contributed by atoms with van der Waals surface area (Å²) in [7, 11) is 0. The Hall–Kier alpha value is -1.39. The fraction of sp³-hybridized carbons (Fsp3) is 0.143. The normalized spacial score (nSPS) is 12.3. The monoisotopic (exact) mass is 319 g/mol. The molecular weight excluding hydrogens is 310 g/mol. The first-order valence-corrected chi connectivity index (χ1v) is 6.51. The number of rotatable bonds is 3. The van der Waals surface area contributed by atoms with Crippen molar-refractivity contribution in [1.82, 2.24) is 0 Å². The highest BCUT2D eigenvalue weighted by Crippen LogP contribution is 2.34. The smallest absolute Gasteiger partial charge is 0.181 e. The molecule has 0 heterocycles. The quantitative estimate of drug-likeness (QED) is 0.728. The van der Waals surface area contributed by atoms with Gasteiger partial charge in [-0.15, -0.1) is 0 Å². The first kappa shape index (κ1) is 15.0. The summed E-state index contributed by atoms with van der Waals surface area (Å²) in [6.45, 7) is 1.62. The standard InChI is InChI=1S/C14H10Cl2F3N/c1-7(12-8(15)5-6-9(17)13(12)16)20-11-4-2-3-10(18)14(11)19/h2-7,20H,1H3. The first-order chi connectivity index (χ1) is 9.41. The van der Waals surface area contributed by atoms with Crippen LogP contribution in [0.2, 0.25) is 10.0 Å². The van der Waals surface area contributed by atoms with Crippen molar-refractivity contribution in [2.24, 2.45) is 0 Å². The van der Waals surface area contributed by atoms with Crippen LogP contribution in [0, 0.1) is 17.5 Å². The second kappa shape index (κ2) is 5.94. The van der Waals surface area contributed by atoms with E-state index < -0.39 is 23.5 Å². The minimum atomic E-state index is -1.01. The van der Waals surface area contributed by atoms with Gasteiger partial charge in [0.25, 0.3) is 0 Å². The van der Waals surface area contributed by atoms with Crippen LogP contribution in [0.4, 0.5) is 18.9 Å². The summed E-state index contributed by atoms with van der Waals surface area (Å²) in [4.78, 5) is 0. The fourth-order valence-electron chi connectivity index (χ4n) is 1.86. The molecule has 2 aromatic carbocycles. The van der Waals surface area contributed by atoms with Crippen molar-refractivity contribution >= 4 is 28.9 Å². The maximum absolute atomic E-state index is 13.6. The van der Waals surface area contributed by atoms with Crippen LogP contribution in [0.1, 0.15) is 18.5 Å². The van der Waals surface area contributed by atoms with Crippen LogP contribution >= 0.6 is 23.2 Å². The van der Waals surface area contributed by atoms with E-state index in [1.807, 2.05) is 0 Å². The lowest BCUT2D eigenvalue weighted by Crippen LogP contribution is -2.10. The van der Waals surface area contributed by atoms with Crippen LogP contribution in [0.5, 0.6) is 0 Å². The predicted octanol–water partition coefficient (Wildman–Crippen LogP) is 5.58. The van der Waals surface area contributed by atoms with Gasteiger partial charge in [-0.1, -0.05) is 29.3 Å². The maximum atomic E-state index is 13.6. The Balaban J connectivity index is 2.36. The van der Waals surface area contributed by atoms with Crippen molar-refractivity contribution in [1.29, 1.82) is 0 Å². The fourth-order valence-corrected chi connectivity index (χ4v) is 2.56. The van der Waals surface area contributed by atoms with Gasteiger partial charge in [0.1, 0.15) is 5.82 Å². The minimum absolute atomic E-state index is 0.0473. The molecule has 0 aliphatic rings. The highest BCUT2D eigenvalue weighted by molar-refractivity contribution is 6.36. The van der Waals surface area contributed by atoms with Gasteiger partial charge in [0.15, 0.2) is 11.6 Å². The Morgan fingerprint density at radius 2 is 1.70 bits per heavy atom. The molecule has 0 aliphatic carbocycles. The molecule has 0 aliphatic heterocycles. The van der Waals surface area contributed by atoms with Crippen LogP contribution < -0.4 is 5.32 Å². The van der Waals surface area contributed by atoms with E-state index >= 15 is 0 Å². The molecule has 20 heavy (non-hydrogen) atoms. The number of hydrogen-bond acceptors (Lipinski definition) is 1. The molecule has 0 fully saturated rings. The number of nitrogens with one attached hydrogen (secondary N) is 1. The molecule has 0 aromatic heterocycles. The van der Waals surface area contributed by atoms with Gasteiger partial charge in [-0.25, -0.2) is 13.2 Å². The van der Waals surface area contributed by atoms with Crippen molar-refractivity contribution in [3.63, 3.8) is 0 Å². The average molecular weight is 320 g/mol. The molecule has 2 rings (SSSR count). The summed E-state index contributed by atoms with van der Waals surface area (Å²) >= 11 is 11.8. The Bertz CT molecular complexity index is 647. The third-order valence-corrected chi connectivity index (χ3v) is 3.55. The van der Waals surface area contributed by atoms with Gasteiger partial charge < -0.3 is 5.32 Å². The highest BCUT2D eigenvalue weighted by atomic mass is 35.5. The summed E-state index contributed by atoms with van der Waals surface area (Å²) in [5.74, 6) is -2.61. The van der Waals surface area contributed by atoms with Gasteiger partial charge in [-0.2, -0.15) is 0 Å². The third-order valence-electron chi connectivity index (χ3n) is 2.84. The first-order valence-electron chi connectivity index (χ1n) is 5.75. The molecular formula is C14H10Cl2F3N. The Morgan fingerprint density at radius 3 is 2.40 bits per heavy atom. The predicted molar refractivity (Wildman–Crippen MR) is 74.8 cm³/mol. The topological polar surface area (TPSA) is 12.0 Å². The van der Waals surface area contributed by atoms with Gasteiger partial charge in [0, 0.05) is 10.6 Å². The summed E-state index contributed by atoms with van der Waals surface area (Å²) in [6, 6.07) is 5.65. The molecule has 2 aromatic rings. The molecule has 0 saturated heterocycles. The van der Waals surface area contributed by atoms with Crippen LogP contribution in [0.15, 0.2) is 30.3 Å². The van der Waals surface area contributed by atoms with Gasteiger partial charge in [-0.05, 0) is 31.2 Å². The third kappa shape index (κ3) is 2.86. The summed E-state index contributed by atoms with van der Waals surface area (Å²) in [5.41, 5.74) is 0.242. The maximum Gasteiger partial charge on any atom is 0.181 e. The van der Waals surface area contributed by atoms with Crippen molar-refractivity contribution in [3.8, 4) is 0 Å². The molecule has 0 spiro atoms.